The molecule has 214 valence electrons. The fourth-order valence-corrected chi connectivity index (χ4v) is 5.00. The fraction of sp³-hybridized carbons (Fsp3) is 0.129. The minimum atomic E-state index is -0.897. The molecule has 1 atom stereocenters. The van der Waals surface area contributed by atoms with Crippen molar-refractivity contribution in [3.05, 3.63) is 124 Å². The highest BCUT2D eigenvalue weighted by atomic mass is 35.5. The lowest BCUT2D eigenvalue weighted by Crippen LogP contribution is -2.33. The van der Waals surface area contributed by atoms with Gasteiger partial charge in [0.05, 0.1) is 27.8 Å². The molecule has 2 amide bonds. The van der Waals surface area contributed by atoms with Crippen molar-refractivity contribution >= 4 is 34.3 Å². The first-order valence-electron chi connectivity index (χ1n) is 12.8. The minimum absolute atomic E-state index is 0.0442. The summed E-state index contributed by atoms with van der Waals surface area (Å²) in [5.74, 6) is -3.98. The van der Waals surface area contributed by atoms with Crippen molar-refractivity contribution in [1.82, 2.24) is 20.2 Å². The highest BCUT2D eigenvalue weighted by molar-refractivity contribution is 6.31. The number of pyridine rings is 1. The molecule has 2 N–H and O–H groups in total. The zero-order valence-corrected chi connectivity index (χ0v) is 22.9. The van der Waals surface area contributed by atoms with Crippen LogP contribution in [0.1, 0.15) is 27.7 Å². The number of nitrogens with one attached hydrogen (secondary N) is 2. The van der Waals surface area contributed by atoms with Crippen molar-refractivity contribution in [1.29, 1.82) is 0 Å². The van der Waals surface area contributed by atoms with Gasteiger partial charge in [-0.2, -0.15) is 0 Å². The Morgan fingerprint density at radius 2 is 1.71 bits per heavy atom. The van der Waals surface area contributed by atoms with E-state index >= 15 is 0 Å². The van der Waals surface area contributed by atoms with E-state index in [0.29, 0.717) is 27.7 Å². The first-order valence-corrected chi connectivity index (χ1v) is 13.2. The van der Waals surface area contributed by atoms with Gasteiger partial charge in [0.2, 0.25) is 5.91 Å². The van der Waals surface area contributed by atoms with Crippen LogP contribution in [0.25, 0.3) is 22.0 Å². The number of hydrogen-bond acceptors (Lipinski definition) is 3. The fourth-order valence-electron chi connectivity index (χ4n) is 4.84. The first-order chi connectivity index (χ1) is 20.1. The van der Waals surface area contributed by atoms with E-state index < -0.39 is 41.1 Å². The van der Waals surface area contributed by atoms with Crippen LogP contribution in [0.5, 0.6) is 0 Å². The number of halogens is 5. The number of carbonyl (C=O) groups is 2. The van der Waals surface area contributed by atoms with Crippen molar-refractivity contribution in [3.8, 4) is 11.1 Å². The quantitative estimate of drug-likeness (QED) is 0.205. The van der Waals surface area contributed by atoms with E-state index in [1.807, 2.05) is 0 Å². The second-order valence-electron chi connectivity index (χ2n) is 9.58. The summed E-state index contributed by atoms with van der Waals surface area (Å²) in [7, 11) is 1.38. The second-order valence-corrected chi connectivity index (χ2v) is 9.99. The Kier molecular flexibility index (Phi) is 8.26. The number of fused-ring (bicyclic) bond motifs is 1. The van der Waals surface area contributed by atoms with E-state index in [-0.39, 0.29) is 29.1 Å². The van der Waals surface area contributed by atoms with Crippen LogP contribution in [0.4, 0.5) is 17.6 Å². The Morgan fingerprint density at radius 1 is 0.952 bits per heavy atom. The summed E-state index contributed by atoms with van der Waals surface area (Å²) >= 11 is 5.95. The molecule has 6 nitrogen and oxygen atoms in total. The van der Waals surface area contributed by atoms with Gasteiger partial charge in [-0.25, -0.2) is 17.6 Å². The normalized spacial score (nSPS) is 11.9. The Bertz CT molecular complexity index is 1800. The lowest BCUT2D eigenvalue weighted by atomic mass is 9.94. The summed E-state index contributed by atoms with van der Waals surface area (Å²) in [6.07, 6.45) is 3.06. The maximum atomic E-state index is 14.4. The van der Waals surface area contributed by atoms with Crippen molar-refractivity contribution in [3.63, 3.8) is 0 Å². The van der Waals surface area contributed by atoms with E-state index in [1.165, 1.54) is 37.5 Å². The van der Waals surface area contributed by atoms with E-state index in [1.54, 1.807) is 29.0 Å². The largest absolute Gasteiger partial charge is 0.355 e. The van der Waals surface area contributed by atoms with Gasteiger partial charge in [-0.15, -0.1) is 0 Å². The van der Waals surface area contributed by atoms with Gasteiger partial charge >= 0.3 is 0 Å². The highest BCUT2D eigenvalue weighted by Gasteiger charge is 2.23. The zero-order valence-electron chi connectivity index (χ0n) is 22.1. The lowest BCUT2D eigenvalue weighted by Gasteiger charge is -2.22. The third kappa shape index (κ3) is 6.13. The number of nitrogens with zero attached hydrogens (tertiary/aromatic N) is 2. The van der Waals surface area contributed by atoms with Crippen LogP contribution in [0.3, 0.4) is 0 Å². The van der Waals surface area contributed by atoms with Crippen LogP contribution in [-0.4, -0.2) is 28.4 Å². The molecule has 0 aliphatic rings. The first kappa shape index (κ1) is 28.8. The standard InChI is InChI=1S/C31H23ClF4N4O2/c1-37-31(42)23-12-18(4-5-25(23)35)22-3-2-7-38-30(22)27(11-17-9-20(33)14-21(34)10-17)39-29(41)16-40-8-6-19-13-26(36)24(32)15-28(19)40/h2-10,12-15,27H,11,16H2,1H3,(H,37,42)(H,39,41)/t27-/m0/s1. The average Bonchev–Trinajstić information content (AvgIpc) is 3.32. The van der Waals surface area contributed by atoms with Crippen molar-refractivity contribution in [2.45, 2.75) is 19.0 Å². The molecule has 0 unspecified atom stereocenters. The van der Waals surface area contributed by atoms with Gasteiger partial charge in [0.1, 0.15) is 29.8 Å². The van der Waals surface area contributed by atoms with E-state index in [0.717, 1.165) is 24.3 Å². The SMILES string of the molecule is CNC(=O)c1cc(-c2cccnc2[C@H](Cc2cc(F)cc(F)c2)NC(=O)Cn2ccc3cc(F)c(Cl)cc32)ccc1F. The van der Waals surface area contributed by atoms with Crippen LogP contribution in [0, 0.1) is 23.3 Å². The molecule has 3 aromatic carbocycles. The predicted octanol–water partition coefficient (Wildman–Crippen LogP) is 6.37. The number of carbonyl (C=O) groups excluding carboxylic acids is 2. The van der Waals surface area contributed by atoms with Crippen molar-refractivity contribution in [2.75, 3.05) is 7.05 Å². The summed E-state index contributed by atoms with van der Waals surface area (Å²) in [6.45, 7) is -0.182. The number of amides is 2. The zero-order chi connectivity index (χ0) is 30.0. The van der Waals surface area contributed by atoms with E-state index in [2.05, 4.69) is 15.6 Å². The number of hydrogen-bond donors (Lipinski definition) is 2. The summed E-state index contributed by atoms with van der Waals surface area (Å²) < 4.78 is 58.1. The lowest BCUT2D eigenvalue weighted by molar-refractivity contribution is -0.122. The highest BCUT2D eigenvalue weighted by Crippen LogP contribution is 2.31. The van der Waals surface area contributed by atoms with Gasteiger partial charge in [-0.05, 0) is 66.1 Å². The Balaban J connectivity index is 1.53. The van der Waals surface area contributed by atoms with Crippen LogP contribution in [0.2, 0.25) is 5.02 Å². The molecule has 42 heavy (non-hydrogen) atoms. The summed E-state index contributed by atoms with van der Waals surface area (Å²) in [5.41, 5.74) is 1.84. The second kappa shape index (κ2) is 12.0. The molecule has 0 saturated heterocycles. The molecule has 5 rings (SSSR count). The van der Waals surface area contributed by atoms with Gasteiger partial charge in [-0.1, -0.05) is 23.7 Å². The number of rotatable bonds is 8. The monoisotopic (exact) mass is 594 g/mol. The molecule has 2 heterocycles. The molecule has 0 bridgehead atoms. The summed E-state index contributed by atoms with van der Waals surface area (Å²) in [6, 6.07) is 13.8. The van der Waals surface area contributed by atoms with Crippen LogP contribution in [0.15, 0.2) is 79.1 Å². The molecule has 0 fully saturated rings. The Morgan fingerprint density at radius 3 is 2.45 bits per heavy atom. The van der Waals surface area contributed by atoms with Crippen molar-refractivity contribution < 1.29 is 27.2 Å². The van der Waals surface area contributed by atoms with Gasteiger partial charge in [0.25, 0.3) is 5.91 Å². The van der Waals surface area contributed by atoms with Gasteiger partial charge < -0.3 is 15.2 Å². The predicted molar refractivity (Wildman–Crippen MR) is 151 cm³/mol. The molecule has 0 saturated carbocycles. The van der Waals surface area contributed by atoms with E-state index in [9.17, 15) is 27.2 Å². The average molecular weight is 595 g/mol. The van der Waals surface area contributed by atoms with Gasteiger partial charge in [0, 0.05) is 36.5 Å². The van der Waals surface area contributed by atoms with Gasteiger partial charge in [-0.3, -0.25) is 14.6 Å². The number of aromatic nitrogens is 2. The third-order valence-electron chi connectivity index (χ3n) is 6.74. The topological polar surface area (TPSA) is 76.0 Å². The minimum Gasteiger partial charge on any atom is -0.355 e. The smallest absolute Gasteiger partial charge is 0.254 e. The molecule has 2 aromatic heterocycles. The summed E-state index contributed by atoms with van der Waals surface area (Å²) in [5, 5.41) is 5.74. The Hall–Kier alpha value is -4.70. The molecule has 0 aliphatic heterocycles. The number of benzene rings is 3. The molecule has 11 heteroatoms. The van der Waals surface area contributed by atoms with Gasteiger partial charge in [0.15, 0.2) is 0 Å². The van der Waals surface area contributed by atoms with E-state index in [4.69, 9.17) is 11.6 Å². The molecular formula is C31H23ClF4N4O2. The maximum absolute atomic E-state index is 14.4. The van der Waals surface area contributed by atoms with Crippen molar-refractivity contribution in [2.24, 2.45) is 0 Å². The van der Waals surface area contributed by atoms with Crippen LogP contribution >= 0.6 is 11.6 Å². The van der Waals surface area contributed by atoms with Crippen LogP contribution in [-0.2, 0) is 17.8 Å². The maximum Gasteiger partial charge on any atom is 0.254 e. The molecule has 5 aromatic rings. The molecule has 0 radical (unpaired) electrons. The molecule has 0 spiro atoms. The third-order valence-corrected chi connectivity index (χ3v) is 7.03. The van der Waals surface area contributed by atoms with Crippen LogP contribution < -0.4 is 10.6 Å². The Labute approximate surface area is 243 Å². The molecule has 0 aliphatic carbocycles. The summed E-state index contributed by atoms with van der Waals surface area (Å²) in [4.78, 5) is 30.1. The molecular weight excluding hydrogens is 572 g/mol.